The highest BCUT2D eigenvalue weighted by Crippen LogP contribution is 2.39. The summed E-state index contributed by atoms with van der Waals surface area (Å²) in [6, 6.07) is 18.6. The molecule has 156 valence electrons. The fourth-order valence-corrected chi connectivity index (χ4v) is 4.37. The molecule has 1 N–H and O–H groups in total. The van der Waals surface area contributed by atoms with Crippen LogP contribution in [0.4, 0.5) is 0 Å². The molecule has 1 aliphatic rings. The van der Waals surface area contributed by atoms with Gasteiger partial charge in [-0.25, -0.2) is 0 Å². The molecule has 0 saturated carbocycles. The van der Waals surface area contributed by atoms with Gasteiger partial charge < -0.3 is 19.5 Å². The highest BCUT2D eigenvalue weighted by molar-refractivity contribution is 7.80. The third-order valence-corrected chi connectivity index (χ3v) is 5.81. The van der Waals surface area contributed by atoms with Gasteiger partial charge in [0, 0.05) is 30.3 Å². The van der Waals surface area contributed by atoms with Crippen molar-refractivity contribution in [2.24, 2.45) is 0 Å². The van der Waals surface area contributed by atoms with Crippen molar-refractivity contribution in [1.29, 1.82) is 0 Å². The molecule has 5 nitrogen and oxygen atoms in total. The van der Waals surface area contributed by atoms with Crippen molar-refractivity contribution in [2.75, 3.05) is 13.2 Å². The fraction of sp³-hybridized carbons (Fsp3) is 0.333. The Morgan fingerprint density at radius 3 is 2.60 bits per heavy atom. The molecular formula is C24H28N4OS. The molecule has 0 radical (unpaired) electrons. The molecule has 0 spiro atoms. The zero-order valence-corrected chi connectivity index (χ0v) is 18.3. The monoisotopic (exact) mass is 420 g/mol. The Hall–Kier alpha value is -2.86. The van der Waals surface area contributed by atoms with Crippen molar-refractivity contribution in [3.63, 3.8) is 0 Å². The number of unbranched alkanes of at least 4 members (excludes halogenated alkanes) is 1. The maximum atomic E-state index is 5.75. The predicted molar refractivity (Wildman–Crippen MR) is 124 cm³/mol. The second-order valence-electron chi connectivity index (χ2n) is 7.40. The summed E-state index contributed by atoms with van der Waals surface area (Å²) >= 11 is 5.75. The lowest BCUT2D eigenvalue weighted by molar-refractivity contribution is 0.304. The van der Waals surface area contributed by atoms with Gasteiger partial charge in [0.1, 0.15) is 5.75 Å². The van der Waals surface area contributed by atoms with Gasteiger partial charge in [-0.15, -0.1) is 0 Å². The van der Waals surface area contributed by atoms with E-state index in [1.807, 2.05) is 37.4 Å². The zero-order valence-electron chi connectivity index (χ0n) is 17.5. The first-order valence-corrected chi connectivity index (χ1v) is 11.0. The maximum Gasteiger partial charge on any atom is 0.170 e. The molecule has 3 heterocycles. The summed E-state index contributed by atoms with van der Waals surface area (Å²) in [6.07, 6.45) is 6.17. The summed E-state index contributed by atoms with van der Waals surface area (Å²) in [5, 5.41) is 4.33. The summed E-state index contributed by atoms with van der Waals surface area (Å²) in [5.41, 5.74) is 3.30. The van der Waals surface area contributed by atoms with Crippen LogP contribution in [-0.2, 0) is 0 Å². The van der Waals surface area contributed by atoms with Crippen LogP contribution in [0.2, 0.25) is 0 Å². The van der Waals surface area contributed by atoms with Crippen molar-refractivity contribution in [3.8, 4) is 11.4 Å². The maximum absolute atomic E-state index is 5.75. The van der Waals surface area contributed by atoms with Gasteiger partial charge in [-0.05, 0) is 74.1 Å². The average Bonchev–Trinajstić information content (AvgIpc) is 3.38. The number of rotatable bonds is 8. The van der Waals surface area contributed by atoms with E-state index in [1.54, 1.807) is 0 Å². The van der Waals surface area contributed by atoms with E-state index in [1.165, 1.54) is 5.69 Å². The van der Waals surface area contributed by atoms with Crippen LogP contribution in [0.25, 0.3) is 5.69 Å². The second kappa shape index (κ2) is 9.30. The van der Waals surface area contributed by atoms with Gasteiger partial charge in [-0.3, -0.25) is 4.98 Å². The Labute approximate surface area is 183 Å². The first-order valence-electron chi connectivity index (χ1n) is 10.6. The van der Waals surface area contributed by atoms with Crippen LogP contribution in [0, 0.1) is 0 Å². The zero-order chi connectivity index (χ0) is 20.9. The Kier molecular flexibility index (Phi) is 6.33. The van der Waals surface area contributed by atoms with Crippen molar-refractivity contribution < 1.29 is 4.74 Å². The summed E-state index contributed by atoms with van der Waals surface area (Å²) in [6.45, 7) is 5.79. The number of nitrogens with one attached hydrogen (secondary N) is 1. The number of pyridine rings is 1. The number of benzene rings is 1. The van der Waals surface area contributed by atoms with Crippen molar-refractivity contribution in [2.45, 2.75) is 38.8 Å². The van der Waals surface area contributed by atoms with Crippen LogP contribution < -0.4 is 10.1 Å². The number of nitrogens with zero attached hydrogens (tertiary/aromatic N) is 3. The van der Waals surface area contributed by atoms with Crippen LogP contribution in [0.5, 0.6) is 5.75 Å². The number of ether oxygens (including phenoxy) is 1. The minimum Gasteiger partial charge on any atom is -0.494 e. The number of aromatic nitrogens is 2. The fourth-order valence-electron chi connectivity index (χ4n) is 4.04. The van der Waals surface area contributed by atoms with Crippen LogP contribution >= 0.6 is 12.2 Å². The van der Waals surface area contributed by atoms with Gasteiger partial charge in [-0.2, -0.15) is 0 Å². The minimum atomic E-state index is 0.00639. The molecule has 4 rings (SSSR count). The number of hydrogen-bond donors (Lipinski definition) is 1. The topological polar surface area (TPSA) is 42.3 Å². The third kappa shape index (κ3) is 4.05. The Balaban J connectivity index is 1.73. The molecule has 0 unspecified atom stereocenters. The lowest BCUT2D eigenvalue weighted by atomic mass is 10.0. The molecule has 30 heavy (non-hydrogen) atoms. The van der Waals surface area contributed by atoms with Gasteiger partial charge in [0.2, 0.25) is 0 Å². The summed E-state index contributed by atoms with van der Waals surface area (Å²) in [7, 11) is 0. The lowest BCUT2D eigenvalue weighted by Crippen LogP contribution is -2.31. The van der Waals surface area contributed by atoms with Crippen LogP contribution in [0.3, 0.4) is 0 Å². The molecule has 1 saturated heterocycles. The number of hydrogen-bond acceptors (Lipinski definition) is 3. The summed E-state index contributed by atoms with van der Waals surface area (Å²) < 4.78 is 7.85. The molecule has 6 heteroatoms. The summed E-state index contributed by atoms with van der Waals surface area (Å²) in [5.74, 6) is 0.884. The average molecular weight is 421 g/mol. The SMILES string of the molecule is CCCCN1C(=S)N[C@@H](c2ccccn2)[C@@H]1c1cccn1-c1ccc(OCC)cc1. The minimum absolute atomic E-state index is 0.00639. The van der Waals surface area contributed by atoms with Gasteiger partial charge in [0.15, 0.2) is 5.11 Å². The smallest absolute Gasteiger partial charge is 0.170 e. The third-order valence-electron chi connectivity index (χ3n) is 5.46. The quantitative estimate of drug-likeness (QED) is 0.517. The summed E-state index contributed by atoms with van der Waals surface area (Å²) in [4.78, 5) is 6.95. The molecule has 1 aliphatic heterocycles. The molecule has 2 atom stereocenters. The highest BCUT2D eigenvalue weighted by atomic mass is 32.1. The van der Waals surface area contributed by atoms with E-state index < -0.39 is 0 Å². The Bertz CT molecular complexity index is 970. The standard InChI is InChI=1S/C24H28N4OS/c1-3-5-16-28-23(22(26-24(28)30)20-9-6-7-15-25-20)21-10-8-17-27(21)18-11-13-19(14-12-18)29-4-2/h6-15,17,22-23H,3-5,16H2,1-2H3,(H,26,30)/t22-,23-/m0/s1. The Morgan fingerprint density at radius 2 is 1.90 bits per heavy atom. The predicted octanol–water partition coefficient (Wildman–Crippen LogP) is 5.04. The molecule has 0 amide bonds. The van der Waals surface area contributed by atoms with Crippen molar-refractivity contribution >= 4 is 17.3 Å². The van der Waals surface area contributed by atoms with E-state index in [9.17, 15) is 0 Å². The highest BCUT2D eigenvalue weighted by Gasteiger charge is 2.40. The van der Waals surface area contributed by atoms with Gasteiger partial charge in [0.25, 0.3) is 0 Å². The van der Waals surface area contributed by atoms with E-state index in [0.29, 0.717) is 6.61 Å². The van der Waals surface area contributed by atoms with Gasteiger partial charge in [-0.1, -0.05) is 19.4 Å². The van der Waals surface area contributed by atoms with Gasteiger partial charge in [0.05, 0.1) is 24.4 Å². The number of thiocarbonyl (C=S) groups is 1. The first-order chi connectivity index (χ1) is 14.7. The molecule has 1 aromatic carbocycles. The van der Waals surface area contributed by atoms with Crippen molar-refractivity contribution in [3.05, 3.63) is 78.4 Å². The van der Waals surface area contributed by atoms with E-state index in [-0.39, 0.29) is 12.1 Å². The Morgan fingerprint density at radius 1 is 1.07 bits per heavy atom. The van der Waals surface area contributed by atoms with E-state index in [2.05, 4.69) is 63.2 Å². The van der Waals surface area contributed by atoms with E-state index in [0.717, 1.165) is 41.6 Å². The first kappa shape index (κ1) is 20.4. The normalized spacial score (nSPS) is 18.5. The molecular weight excluding hydrogens is 392 g/mol. The van der Waals surface area contributed by atoms with Crippen LogP contribution in [-0.4, -0.2) is 32.7 Å². The lowest BCUT2D eigenvalue weighted by Gasteiger charge is -2.29. The van der Waals surface area contributed by atoms with Crippen LogP contribution in [0.15, 0.2) is 67.0 Å². The largest absolute Gasteiger partial charge is 0.494 e. The molecule has 0 aliphatic carbocycles. The molecule has 1 fully saturated rings. The second-order valence-corrected chi connectivity index (χ2v) is 7.79. The van der Waals surface area contributed by atoms with E-state index >= 15 is 0 Å². The molecule has 0 bridgehead atoms. The van der Waals surface area contributed by atoms with Crippen molar-refractivity contribution in [1.82, 2.24) is 19.8 Å². The van der Waals surface area contributed by atoms with E-state index in [4.69, 9.17) is 17.0 Å². The molecule has 2 aromatic heterocycles. The molecule has 3 aromatic rings. The van der Waals surface area contributed by atoms with Crippen LogP contribution in [0.1, 0.15) is 50.2 Å². The van der Waals surface area contributed by atoms with Gasteiger partial charge >= 0.3 is 0 Å².